The smallest absolute Gasteiger partial charge is 0.285 e. The van der Waals surface area contributed by atoms with Crippen molar-refractivity contribution in [2.45, 2.75) is 43.6 Å². The minimum Gasteiger partial charge on any atom is -0.473 e. The summed E-state index contributed by atoms with van der Waals surface area (Å²) in [5.74, 6) is 0.330. The lowest BCUT2D eigenvalue weighted by Crippen LogP contribution is -2.37. The molecule has 0 unspecified atom stereocenters. The number of hydrogen-bond acceptors (Lipinski definition) is 3. The summed E-state index contributed by atoms with van der Waals surface area (Å²) >= 11 is 2.26. The van der Waals surface area contributed by atoms with Crippen molar-refractivity contribution >= 4 is 38.5 Å². The molecule has 1 aromatic rings. The molecule has 1 saturated heterocycles. The van der Waals surface area contributed by atoms with Gasteiger partial charge in [0, 0.05) is 10.8 Å². The molecule has 4 nitrogen and oxygen atoms in total. The van der Waals surface area contributed by atoms with E-state index in [2.05, 4.69) is 27.0 Å². The van der Waals surface area contributed by atoms with Crippen LogP contribution in [-0.2, 0) is 14.8 Å². The Kier molecular flexibility index (Phi) is 4.73. The van der Waals surface area contributed by atoms with Crippen molar-refractivity contribution in [2.24, 2.45) is 4.40 Å². The number of halogens is 1. The number of benzene rings is 1. The van der Waals surface area contributed by atoms with Gasteiger partial charge in [-0.05, 0) is 38.8 Å². The molecule has 0 amide bonds. The highest BCUT2D eigenvalue weighted by atomic mass is 127. The van der Waals surface area contributed by atoms with Gasteiger partial charge in [-0.25, -0.2) is 0 Å². The molecule has 2 rings (SSSR count). The molecule has 0 saturated carbocycles. The second kappa shape index (κ2) is 6.01. The quantitative estimate of drug-likeness (QED) is 0.570. The zero-order valence-electron chi connectivity index (χ0n) is 11.6. The fourth-order valence-electron chi connectivity index (χ4n) is 2.06. The van der Waals surface area contributed by atoms with Crippen LogP contribution in [-0.4, -0.2) is 24.3 Å². The predicted molar refractivity (Wildman–Crippen MR) is 88.0 cm³/mol. The average molecular weight is 407 g/mol. The van der Waals surface area contributed by atoms with Gasteiger partial charge < -0.3 is 4.74 Å². The summed E-state index contributed by atoms with van der Waals surface area (Å²) in [7, 11) is -3.67. The van der Waals surface area contributed by atoms with Crippen molar-refractivity contribution in [3.05, 3.63) is 29.8 Å². The fourth-order valence-corrected chi connectivity index (χ4v) is 3.57. The third kappa shape index (κ3) is 3.72. The molecule has 1 aliphatic rings. The van der Waals surface area contributed by atoms with Gasteiger partial charge in [-0.3, -0.25) is 0 Å². The highest BCUT2D eigenvalue weighted by Gasteiger charge is 2.31. The lowest BCUT2D eigenvalue weighted by atomic mass is 9.98. The van der Waals surface area contributed by atoms with Crippen LogP contribution in [0.2, 0.25) is 0 Å². The van der Waals surface area contributed by atoms with Crippen molar-refractivity contribution in [3.8, 4) is 0 Å². The fraction of sp³-hybridized carbons (Fsp3) is 0.500. The van der Waals surface area contributed by atoms with Crippen LogP contribution in [0.5, 0.6) is 0 Å². The zero-order chi connectivity index (χ0) is 14.8. The Morgan fingerprint density at radius 2 is 2.00 bits per heavy atom. The van der Waals surface area contributed by atoms with Gasteiger partial charge in [0.15, 0.2) is 0 Å². The molecule has 0 N–H and O–H groups in total. The molecule has 1 fully saturated rings. The maximum atomic E-state index is 12.2. The lowest BCUT2D eigenvalue weighted by molar-refractivity contribution is 0.0701. The number of hydrogen-bond donors (Lipinski definition) is 0. The van der Waals surface area contributed by atoms with E-state index in [0.29, 0.717) is 12.3 Å². The van der Waals surface area contributed by atoms with Crippen LogP contribution in [0.1, 0.15) is 31.7 Å². The maximum absolute atomic E-state index is 12.2. The molecule has 20 heavy (non-hydrogen) atoms. The van der Waals surface area contributed by atoms with Gasteiger partial charge in [-0.1, -0.05) is 40.3 Å². The molecular weight excluding hydrogens is 389 g/mol. The van der Waals surface area contributed by atoms with E-state index >= 15 is 0 Å². The topological polar surface area (TPSA) is 55.7 Å². The van der Waals surface area contributed by atoms with Crippen LogP contribution >= 0.6 is 22.6 Å². The van der Waals surface area contributed by atoms with Gasteiger partial charge in [0.1, 0.15) is 5.60 Å². The number of sulfonamides is 1. The summed E-state index contributed by atoms with van der Waals surface area (Å²) in [5, 5.41) is 0. The normalized spacial score (nSPS) is 25.4. The number of alkyl halides is 1. The van der Waals surface area contributed by atoms with E-state index in [1.807, 2.05) is 13.8 Å². The second-order valence-corrected chi connectivity index (χ2v) is 7.68. The monoisotopic (exact) mass is 407 g/mol. The molecule has 0 bridgehead atoms. The van der Waals surface area contributed by atoms with Crippen LogP contribution in [0, 0.1) is 6.92 Å². The van der Waals surface area contributed by atoms with Crippen LogP contribution < -0.4 is 0 Å². The van der Waals surface area contributed by atoms with E-state index in [0.717, 1.165) is 22.8 Å². The zero-order valence-corrected chi connectivity index (χ0v) is 14.6. The van der Waals surface area contributed by atoms with Gasteiger partial charge in [-0.2, -0.15) is 8.42 Å². The molecule has 0 spiro atoms. The van der Waals surface area contributed by atoms with Gasteiger partial charge in [0.05, 0.1) is 4.90 Å². The minimum atomic E-state index is -3.67. The molecule has 1 heterocycles. The summed E-state index contributed by atoms with van der Waals surface area (Å²) in [4.78, 5) is 0.209. The molecule has 0 radical (unpaired) electrons. The number of rotatable bonds is 3. The summed E-state index contributed by atoms with van der Waals surface area (Å²) in [6, 6.07) is 6.69. The highest BCUT2D eigenvalue weighted by molar-refractivity contribution is 14.1. The SMILES string of the molecule is Cc1ccc(S(=O)(=O)/N=C2/CCC[C@@](C)(CI)O2)cc1. The first kappa shape index (κ1) is 15.8. The van der Waals surface area contributed by atoms with E-state index in [9.17, 15) is 8.42 Å². The third-order valence-electron chi connectivity index (χ3n) is 3.28. The summed E-state index contributed by atoms with van der Waals surface area (Å²) in [6.07, 6.45) is 2.42. The largest absolute Gasteiger partial charge is 0.473 e. The Bertz CT molecular complexity index is 610. The van der Waals surface area contributed by atoms with Crippen LogP contribution in [0.3, 0.4) is 0 Å². The summed E-state index contributed by atoms with van der Waals surface area (Å²) in [5.41, 5.74) is 0.712. The molecule has 0 aliphatic carbocycles. The Morgan fingerprint density at radius 1 is 1.35 bits per heavy atom. The van der Waals surface area contributed by atoms with Crippen molar-refractivity contribution in [1.29, 1.82) is 0 Å². The second-order valence-electron chi connectivity index (χ2n) is 5.31. The maximum Gasteiger partial charge on any atom is 0.285 e. The highest BCUT2D eigenvalue weighted by Crippen LogP contribution is 2.28. The van der Waals surface area contributed by atoms with E-state index < -0.39 is 10.0 Å². The van der Waals surface area contributed by atoms with Crippen LogP contribution in [0.15, 0.2) is 33.6 Å². The van der Waals surface area contributed by atoms with E-state index in [1.54, 1.807) is 24.3 Å². The Hall–Kier alpha value is -0.630. The van der Waals surface area contributed by atoms with Gasteiger partial charge in [-0.15, -0.1) is 4.40 Å². The van der Waals surface area contributed by atoms with Crippen molar-refractivity contribution in [3.63, 3.8) is 0 Å². The third-order valence-corrected chi connectivity index (χ3v) is 6.21. The molecule has 110 valence electrons. The van der Waals surface area contributed by atoms with E-state index in [-0.39, 0.29) is 10.5 Å². The summed E-state index contributed by atoms with van der Waals surface area (Å²) in [6.45, 7) is 3.91. The predicted octanol–water partition coefficient (Wildman–Crippen LogP) is 3.48. The van der Waals surface area contributed by atoms with Crippen LogP contribution in [0.4, 0.5) is 0 Å². The van der Waals surface area contributed by atoms with Gasteiger partial charge >= 0.3 is 0 Å². The first-order valence-electron chi connectivity index (χ1n) is 6.50. The van der Waals surface area contributed by atoms with Gasteiger partial charge in [0.2, 0.25) is 5.90 Å². The van der Waals surface area contributed by atoms with E-state index in [4.69, 9.17) is 4.74 Å². The molecule has 1 aliphatic heterocycles. The number of aryl methyl sites for hydroxylation is 1. The molecular formula is C14H18INO3S. The summed E-state index contributed by atoms with van der Waals surface area (Å²) < 4.78 is 34.9. The average Bonchev–Trinajstić information content (AvgIpc) is 2.39. The van der Waals surface area contributed by atoms with Crippen molar-refractivity contribution in [2.75, 3.05) is 4.43 Å². The Labute approximate surface area is 133 Å². The van der Waals surface area contributed by atoms with Crippen LogP contribution in [0.25, 0.3) is 0 Å². The van der Waals surface area contributed by atoms with Crippen molar-refractivity contribution in [1.82, 2.24) is 0 Å². The Morgan fingerprint density at radius 3 is 2.60 bits per heavy atom. The number of ether oxygens (including phenoxy) is 1. The lowest BCUT2D eigenvalue weighted by Gasteiger charge is -2.33. The van der Waals surface area contributed by atoms with Gasteiger partial charge in [0.25, 0.3) is 10.0 Å². The van der Waals surface area contributed by atoms with Crippen molar-refractivity contribution < 1.29 is 13.2 Å². The minimum absolute atomic E-state index is 0.209. The molecule has 1 aromatic carbocycles. The first-order valence-corrected chi connectivity index (χ1v) is 9.47. The van der Waals surface area contributed by atoms with E-state index in [1.165, 1.54) is 0 Å². The molecule has 6 heteroatoms. The Balaban J connectivity index is 2.27. The first-order chi connectivity index (χ1) is 9.35. The molecule has 1 atom stereocenters. The number of nitrogens with zero attached hydrogens (tertiary/aromatic N) is 1. The standard InChI is InChI=1S/C14H18INO3S/c1-11-5-7-12(8-6-11)20(17,18)16-13-4-3-9-14(2,10-15)19-13/h5-8H,3-4,9-10H2,1-2H3/b16-13-/t14-/m0/s1. The molecule has 0 aromatic heterocycles.